The lowest BCUT2D eigenvalue weighted by Gasteiger charge is -2.28. The summed E-state index contributed by atoms with van der Waals surface area (Å²) in [6, 6.07) is 9.43. The zero-order valence-electron chi connectivity index (χ0n) is 21.3. The molecule has 1 saturated heterocycles. The summed E-state index contributed by atoms with van der Waals surface area (Å²) in [5.74, 6) is -1.52. The lowest BCUT2D eigenvalue weighted by atomic mass is 10.1. The monoisotopic (exact) mass is 531 g/mol. The summed E-state index contributed by atoms with van der Waals surface area (Å²) in [6.07, 6.45) is 5.90. The fourth-order valence-corrected chi connectivity index (χ4v) is 4.83. The minimum Gasteiger partial charge on any atom is -0.477 e. The van der Waals surface area contributed by atoms with Gasteiger partial charge in [0.05, 0.1) is 29.1 Å². The maximum atomic E-state index is 15.6. The van der Waals surface area contributed by atoms with Gasteiger partial charge in [-0.15, -0.1) is 0 Å². The number of fused-ring (bicyclic) bond motifs is 1. The summed E-state index contributed by atoms with van der Waals surface area (Å²) in [5, 5.41) is 12.1. The van der Waals surface area contributed by atoms with Crippen molar-refractivity contribution in [2.24, 2.45) is 0 Å². The van der Waals surface area contributed by atoms with Gasteiger partial charge in [0.25, 0.3) is 0 Å². The number of carboxylic acid groups (broad SMARTS) is 1. The highest BCUT2D eigenvalue weighted by Gasteiger charge is 2.29. The average Bonchev–Trinajstić information content (AvgIpc) is 3.37. The summed E-state index contributed by atoms with van der Waals surface area (Å²) >= 11 is 0. The van der Waals surface area contributed by atoms with Crippen molar-refractivity contribution in [2.75, 3.05) is 23.4 Å². The first kappa shape index (κ1) is 25.8. The van der Waals surface area contributed by atoms with Crippen LogP contribution in [0.15, 0.2) is 59.8 Å². The molecular formula is C28H26FN5O5. The number of aromatic nitrogens is 3. The molecule has 1 atom stereocenters. The standard InChI is InChI=1S/C28H26FN5O5/c1-16-5-3-9-30-27(16)39-15-19-6-4-10-33(19)24-12-23-20(11-22(24)29)26(36)21(28(37)38)14-34(23)18-7-8-25(31-13-18)32-17(2)35/h3,5,7-9,11-14,19H,4,6,10,15H2,1-2H3,(H,37,38)(H,31,32,35)/t19-/m1/s1. The maximum absolute atomic E-state index is 15.6. The van der Waals surface area contributed by atoms with Crippen LogP contribution in [0.25, 0.3) is 16.6 Å². The molecule has 1 aliphatic rings. The highest BCUT2D eigenvalue weighted by Crippen LogP contribution is 2.32. The molecule has 0 aliphatic carbocycles. The van der Waals surface area contributed by atoms with Crippen LogP contribution in [0.3, 0.4) is 0 Å². The van der Waals surface area contributed by atoms with Crippen molar-refractivity contribution < 1.29 is 23.8 Å². The molecule has 5 rings (SSSR count). The summed E-state index contributed by atoms with van der Waals surface area (Å²) in [7, 11) is 0. The number of hydrogen-bond donors (Lipinski definition) is 2. The molecule has 1 amide bonds. The minimum atomic E-state index is -1.43. The van der Waals surface area contributed by atoms with Gasteiger partial charge < -0.3 is 24.6 Å². The molecule has 4 aromatic rings. The number of ether oxygens (including phenoxy) is 1. The number of aryl methyl sites for hydroxylation is 1. The molecule has 2 N–H and O–H groups in total. The quantitative estimate of drug-likeness (QED) is 0.367. The Morgan fingerprint density at radius 3 is 2.74 bits per heavy atom. The second-order valence-corrected chi connectivity index (χ2v) is 9.38. The predicted molar refractivity (Wildman–Crippen MR) is 143 cm³/mol. The van der Waals surface area contributed by atoms with Gasteiger partial charge >= 0.3 is 5.97 Å². The molecule has 0 radical (unpaired) electrons. The van der Waals surface area contributed by atoms with Gasteiger partial charge in [-0.05, 0) is 50.1 Å². The molecule has 1 fully saturated rings. The Balaban J connectivity index is 1.57. The smallest absolute Gasteiger partial charge is 0.341 e. The van der Waals surface area contributed by atoms with Crippen LogP contribution in [0.2, 0.25) is 0 Å². The van der Waals surface area contributed by atoms with Gasteiger partial charge in [0.1, 0.15) is 23.8 Å². The number of halogens is 1. The number of carbonyl (C=O) groups excluding carboxylic acids is 1. The predicted octanol–water partition coefficient (Wildman–Crippen LogP) is 3.93. The Hall–Kier alpha value is -4.80. The van der Waals surface area contributed by atoms with Gasteiger partial charge in [-0.3, -0.25) is 9.59 Å². The van der Waals surface area contributed by atoms with Crippen LogP contribution in [0.4, 0.5) is 15.9 Å². The van der Waals surface area contributed by atoms with E-state index >= 15 is 4.39 Å². The van der Waals surface area contributed by atoms with Crippen LogP contribution >= 0.6 is 0 Å². The number of hydrogen-bond acceptors (Lipinski definition) is 7. The fraction of sp³-hybridized carbons (Fsp3) is 0.250. The maximum Gasteiger partial charge on any atom is 0.341 e. The van der Waals surface area contributed by atoms with Gasteiger partial charge in [-0.2, -0.15) is 0 Å². The first-order valence-electron chi connectivity index (χ1n) is 12.4. The first-order valence-corrected chi connectivity index (χ1v) is 12.4. The third-order valence-electron chi connectivity index (χ3n) is 6.69. The molecule has 39 heavy (non-hydrogen) atoms. The molecular weight excluding hydrogens is 505 g/mol. The van der Waals surface area contributed by atoms with Gasteiger partial charge in [0, 0.05) is 36.8 Å². The van der Waals surface area contributed by atoms with Gasteiger partial charge in [-0.1, -0.05) is 6.07 Å². The number of carbonyl (C=O) groups is 2. The molecule has 11 heteroatoms. The van der Waals surface area contributed by atoms with Gasteiger partial charge in [-0.25, -0.2) is 19.2 Å². The van der Waals surface area contributed by atoms with Gasteiger partial charge in [0.2, 0.25) is 17.2 Å². The van der Waals surface area contributed by atoms with Crippen molar-refractivity contribution in [3.63, 3.8) is 0 Å². The van der Waals surface area contributed by atoms with E-state index in [2.05, 4.69) is 15.3 Å². The van der Waals surface area contributed by atoms with E-state index in [1.807, 2.05) is 24.0 Å². The Labute approximate surface area is 222 Å². The second kappa shape index (κ2) is 10.5. The topological polar surface area (TPSA) is 127 Å². The normalized spacial score (nSPS) is 14.9. The SMILES string of the molecule is CC(=O)Nc1ccc(-n2cc(C(=O)O)c(=O)c3cc(F)c(N4CCC[C@@H]4COc4ncccc4C)cc32)cn1. The summed E-state index contributed by atoms with van der Waals surface area (Å²) in [4.78, 5) is 46.6. The molecule has 200 valence electrons. The van der Waals surface area contributed by atoms with E-state index in [1.54, 1.807) is 24.4 Å². The average molecular weight is 532 g/mol. The van der Waals surface area contributed by atoms with E-state index in [4.69, 9.17) is 4.74 Å². The summed E-state index contributed by atoms with van der Waals surface area (Å²) < 4.78 is 23.0. The number of benzene rings is 1. The number of carboxylic acids is 1. The second-order valence-electron chi connectivity index (χ2n) is 9.38. The van der Waals surface area contributed by atoms with Crippen molar-refractivity contribution in [3.8, 4) is 11.6 Å². The number of pyridine rings is 3. The van der Waals surface area contributed by atoms with Crippen molar-refractivity contribution in [2.45, 2.75) is 32.7 Å². The number of rotatable bonds is 7. The third-order valence-corrected chi connectivity index (χ3v) is 6.69. The van der Waals surface area contributed by atoms with Gasteiger partial charge in [0.15, 0.2) is 0 Å². The molecule has 4 heterocycles. The molecule has 0 spiro atoms. The Bertz CT molecular complexity index is 1640. The van der Waals surface area contributed by atoms with Crippen LogP contribution in [0.5, 0.6) is 5.88 Å². The van der Waals surface area contributed by atoms with E-state index in [9.17, 15) is 19.5 Å². The van der Waals surface area contributed by atoms with Crippen LogP contribution in [-0.2, 0) is 4.79 Å². The Kier molecular flexibility index (Phi) is 6.97. The minimum absolute atomic E-state index is 0.0711. The lowest BCUT2D eigenvalue weighted by Crippen LogP contribution is -2.35. The number of nitrogens with one attached hydrogen (secondary N) is 1. The number of amides is 1. The number of aromatic carboxylic acids is 1. The highest BCUT2D eigenvalue weighted by atomic mass is 19.1. The largest absolute Gasteiger partial charge is 0.477 e. The van der Waals surface area contributed by atoms with Crippen molar-refractivity contribution in [1.29, 1.82) is 0 Å². The third kappa shape index (κ3) is 5.15. The van der Waals surface area contributed by atoms with E-state index in [0.717, 1.165) is 24.5 Å². The number of anilines is 2. The zero-order chi connectivity index (χ0) is 27.7. The Morgan fingerprint density at radius 2 is 2.05 bits per heavy atom. The van der Waals surface area contributed by atoms with E-state index in [1.165, 1.54) is 23.9 Å². The fourth-order valence-electron chi connectivity index (χ4n) is 4.83. The van der Waals surface area contributed by atoms with Crippen LogP contribution in [0.1, 0.15) is 35.7 Å². The molecule has 0 saturated carbocycles. The summed E-state index contributed by atoms with van der Waals surface area (Å²) in [6.45, 7) is 4.14. The van der Waals surface area contributed by atoms with E-state index in [0.29, 0.717) is 36.1 Å². The molecule has 1 aliphatic heterocycles. The van der Waals surface area contributed by atoms with Crippen molar-refractivity contribution >= 4 is 34.3 Å². The number of nitrogens with zero attached hydrogens (tertiary/aromatic N) is 4. The molecule has 0 unspecified atom stereocenters. The molecule has 1 aromatic carbocycles. The lowest BCUT2D eigenvalue weighted by molar-refractivity contribution is -0.114. The van der Waals surface area contributed by atoms with Crippen molar-refractivity contribution in [1.82, 2.24) is 14.5 Å². The molecule has 0 bridgehead atoms. The van der Waals surface area contributed by atoms with Crippen LogP contribution in [0, 0.1) is 12.7 Å². The van der Waals surface area contributed by atoms with Crippen molar-refractivity contribution in [3.05, 3.63) is 82.2 Å². The molecule has 10 nitrogen and oxygen atoms in total. The molecule has 3 aromatic heterocycles. The summed E-state index contributed by atoms with van der Waals surface area (Å²) in [5.41, 5.74) is 0.650. The van der Waals surface area contributed by atoms with E-state index in [-0.39, 0.29) is 23.0 Å². The zero-order valence-corrected chi connectivity index (χ0v) is 21.3. The highest BCUT2D eigenvalue weighted by molar-refractivity contribution is 5.94. The van der Waals surface area contributed by atoms with E-state index < -0.39 is 22.8 Å². The first-order chi connectivity index (χ1) is 18.7. The Morgan fingerprint density at radius 1 is 1.23 bits per heavy atom. The van der Waals surface area contributed by atoms with Crippen LogP contribution < -0.4 is 20.4 Å². The van der Waals surface area contributed by atoms with Crippen LogP contribution in [-0.4, -0.2) is 50.7 Å².